The number of carbonyl (C=O) groups excluding carboxylic acids is 2. The minimum Gasteiger partial charge on any atom is -0.366 e. The quantitative estimate of drug-likeness (QED) is 0.698. The number of sulfonamides is 1. The summed E-state index contributed by atoms with van der Waals surface area (Å²) in [5, 5.41) is 2.68. The molecule has 2 aromatic rings. The van der Waals surface area contributed by atoms with Crippen molar-refractivity contribution in [3.8, 4) is 0 Å². The minimum absolute atomic E-state index is 0.0206. The maximum Gasteiger partial charge on any atom is 0.248 e. The van der Waals surface area contributed by atoms with Crippen molar-refractivity contribution in [2.24, 2.45) is 5.73 Å². The van der Waals surface area contributed by atoms with Crippen molar-refractivity contribution in [1.29, 1.82) is 0 Å². The molecule has 1 heterocycles. The Morgan fingerprint density at radius 3 is 2.30 bits per heavy atom. The standard InChI is InChI=1S/C18H23N3O4S2/c1-4-21(27(24,25)16-11-12(2)26-13(16)3)10-9-17(22)20-15-7-5-14(6-8-15)18(19)23/h5-8,11H,4,9-10H2,1-3H3,(H2,19,23)(H,20,22). The third-order valence-electron chi connectivity index (χ3n) is 4.01. The molecule has 0 radical (unpaired) electrons. The second-order valence-corrected chi connectivity index (χ2v) is 9.38. The Hall–Kier alpha value is -2.23. The number of aryl methyl sites for hydroxylation is 2. The fourth-order valence-corrected chi connectivity index (χ4v) is 5.59. The first-order chi connectivity index (χ1) is 12.6. The molecule has 2 rings (SSSR count). The zero-order valence-corrected chi connectivity index (χ0v) is 17.1. The van der Waals surface area contributed by atoms with E-state index in [0.29, 0.717) is 16.1 Å². The van der Waals surface area contributed by atoms with Gasteiger partial charge in [0, 0.05) is 40.5 Å². The van der Waals surface area contributed by atoms with E-state index in [1.807, 2.05) is 6.92 Å². The normalized spacial score (nSPS) is 11.6. The van der Waals surface area contributed by atoms with Crippen LogP contribution in [0.1, 0.15) is 33.5 Å². The first kappa shape index (κ1) is 21.1. The average molecular weight is 410 g/mol. The van der Waals surface area contributed by atoms with Crippen molar-refractivity contribution in [3.05, 3.63) is 45.6 Å². The summed E-state index contributed by atoms with van der Waals surface area (Å²) in [6.45, 7) is 5.74. The van der Waals surface area contributed by atoms with E-state index < -0.39 is 15.9 Å². The van der Waals surface area contributed by atoms with Crippen LogP contribution in [0.25, 0.3) is 0 Å². The van der Waals surface area contributed by atoms with Crippen LogP contribution in [0.4, 0.5) is 5.69 Å². The van der Waals surface area contributed by atoms with Crippen LogP contribution in [0.3, 0.4) is 0 Å². The Balaban J connectivity index is 2.01. The monoisotopic (exact) mass is 409 g/mol. The van der Waals surface area contributed by atoms with Crippen LogP contribution in [-0.2, 0) is 14.8 Å². The Morgan fingerprint density at radius 2 is 1.81 bits per heavy atom. The Kier molecular flexibility index (Phi) is 6.74. The molecule has 1 aromatic heterocycles. The number of nitrogens with two attached hydrogens (primary N) is 1. The second-order valence-electron chi connectivity index (χ2n) is 6.01. The lowest BCUT2D eigenvalue weighted by molar-refractivity contribution is -0.116. The van der Waals surface area contributed by atoms with Crippen molar-refractivity contribution in [3.63, 3.8) is 0 Å². The zero-order valence-electron chi connectivity index (χ0n) is 15.5. The molecule has 0 atom stereocenters. The second kappa shape index (κ2) is 8.64. The molecule has 0 bridgehead atoms. The van der Waals surface area contributed by atoms with Gasteiger partial charge in [-0.2, -0.15) is 4.31 Å². The summed E-state index contributed by atoms with van der Waals surface area (Å²) in [5.41, 5.74) is 6.03. The van der Waals surface area contributed by atoms with Crippen molar-refractivity contribution < 1.29 is 18.0 Å². The fraction of sp³-hybridized carbons (Fsp3) is 0.333. The van der Waals surface area contributed by atoms with Gasteiger partial charge in [-0.25, -0.2) is 8.42 Å². The Labute approximate surface area is 163 Å². The highest BCUT2D eigenvalue weighted by Gasteiger charge is 2.26. The molecule has 0 spiro atoms. The van der Waals surface area contributed by atoms with E-state index in [-0.39, 0.29) is 25.4 Å². The van der Waals surface area contributed by atoms with Gasteiger partial charge in [0.05, 0.1) is 4.90 Å². The van der Waals surface area contributed by atoms with Gasteiger partial charge in [0.2, 0.25) is 21.8 Å². The molecule has 7 nitrogen and oxygen atoms in total. The molecule has 0 aliphatic heterocycles. The maximum atomic E-state index is 12.8. The lowest BCUT2D eigenvalue weighted by Gasteiger charge is -2.20. The molecule has 9 heteroatoms. The van der Waals surface area contributed by atoms with E-state index in [1.165, 1.54) is 27.8 Å². The summed E-state index contributed by atoms with van der Waals surface area (Å²) in [7, 11) is -3.63. The van der Waals surface area contributed by atoms with E-state index >= 15 is 0 Å². The van der Waals surface area contributed by atoms with Gasteiger partial charge < -0.3 is 11.1 Å². The minimum atomic E-state index is -3.63. The molecule has 0 saturated carbocycles. The van der Waals surface area contributed by atoms with E-state index in [1.54, 1.807) is 32.0 Å². The van der Waals surface area contributed by atoms with E-state index in [9.17, 15) is 18.0 Å². The van der Waals surface area contributed by atoms with Gasteiger partial charge in [-0.3, -0.25) is 9.59 Å². The molecule has 2 amide bonds. The van der Waals surface area contributed by atoms with Gasteiger partial charge in [-0.05, 0) is 44.2 Å². The summed E-state index contributed by atoms with van der Waals surface area (Å²) in [4.78, 5) is 25.2. The molecular formula is C18H23N3O4S2. The summed E-state index contributed by atoms with van der Waals surface area (Å²) in [5.74, 6) is -0.857. The summed E-state index contributed by atoms with van der Waals surface area (Å²) in [6.07, 6.45) is 0.0206. The van der Waals surface area contributed by atoms with Crippen molar-refractivity contribution in [2.45, 2.75) is 32.1 Å². The summed E-state index contributed by atoms with van der Waals surface area (Å²) in [6, 6.07) is 7.84. The van der Waals surface area contributed by atoms with Gasteiger partial charge >= 0.3 is 0 Å². The molecular weight excluding hydrogens is 386 g/mol. The molecule has 0 unspecified atom stereocenters. The number of primary amides is 1. The van der Waals surface area contributed by atoms with Crippen LogP contribution in [0.15, 0.2) is 35.2 Å². The molecule has 27 heavy (non-hydrogen) atoms. The predicted octanol–water partition coefficient (Wildman–Crippen LogP) is 2.50. The van der Waals surface area contributed by atoms with Crippen LogP contribution in [-0.4, -0.2) is 37.6 Å². The number of nitrogens with one attached hydrogen (secondary N) is 1. The molecule has 0 aliphatic rings. The number of anilines is 1. The van der Waals surface area contributed by atoms with Crippen LogP contribution < -0.4 is 11.1 Å². The average Bonchev–Trinajstić information content (AvgIpc) is 2.95. The highest BCUT2D eigenvalue weighted by molar-refractivity contribution is 7.89. The largest absolute Gasteiger partial charge is 0.366 e. The number of rotatable bonds is 8. The number of thiophene rings is 1. The van der Waals surface area contributed by atoms with Crippen LogP contribution in [0.2, 0.25) is 0 Å². The molecule has 0 fully saturated rings. The van der Waals surface area contributed by atoms with Gasteiger partial charge in [0.25, 0.3) is 0 Å². The first-order valence-electron chi connectivity index (χ1n) is 8.42. The van der Waals surface area contributed by atoms with Gasteiger partial charge in [0.15, 0.2) is 0 Å². The molecule has 0 saturated heterocycles. The first-order valence-corrected chi connectivity index (χ1v) is 10.7. The van der Waals surface area contributed by atoms with Gasteiger partial charge in [-0.1, -0.05) is 6.92 Å². The van der Waals surface area contributed by atoms with Crippen LogP contribution in [0.5, 0.6) is 0 Å². The predicted molar refractivity (Wildman–Crippen MR) is 106 cm³/mol. The Morgan fingerprint density at radius 1 is 1.19 bits per heavy atom. The third-order valence-corrected chi connectivity index (χ3v) is 7.20. The number of benzene rings is 1. The van der Waals surface area contributed by atoms with Gasteiger partial charge in [-0.15, -0.1) is 11.3 Å². The highest BCUT2D eigenvalue weighted by atomic mass is 32.2. The number of carbonyl (C=O) groups is 2. The Bertz CT molecular complexity index is 934. The SMILES string of the molecule is CCN(CCC(=O)Nc1ccc(C(N)=O)cc1)S(=O)(=O)c1cc(C)sc1C. The number of amides is 2. The van der Waals surface area contributed by atoms with E-state index in [0.717, 1.165) is 9.75 Å². The molecule has 1 aromatic carbocycles. The van der Waals surface area contributed by atoms with Crippen molar-refractivity contribution in [1.82, 2.24) is 4.31 Å². The highest BCUT2D eigenvalue weighted by Crippen LogP contribution is 2.27. The topological polar surface area (TPSA) is 110 Å². The fourth-order valence-electron chi connectivity index (χ4n) is 2.62. The molecule has 3 N–H and O–H groups in total. The van der Waals surface area contributed by atoms with Crippen molar-refractivity contribution in [2.75, 3.05) is 18.4 Å². The summed E-state index contributed by atoms with van der Waals surface area (Å²) < 4.78 is 27.0. The van der Waals surface area contributed by atoms with E-state index in [2.05, 4.69) is 5.32 Å². The number of hydrogen-bond acceptors (Lipinski definition) is 5. The summed E-state index contributed by atoms with van der Waals surface area (Å²) >= 11 is 1.44. The van der Waals surface area contributed by atoms with Crippen LogP contribution in [0, 0.1) is 13.8 Å². The number of hydrogen-bond donors (Lipinski definition) is 2. The third kappa shape index (κ3) is 5.15. The van der Waals surface area contributed by atoms with E-state index in [4.69, 9.17) is 5.73 Å². The molecule has 146 valence electrons. The van der Waals surface area contributed by atoms with Gasteiger partial charge in [0.1, 0.15) is 0 Å². The number of nitrogens with zero attached hydrogens (tertiary/aromatic N) is 1. The van der Waals surface area contributed by atoms with Crippen LogP contribution >= 0.6 is 11.3 Å². The molecule has 0 aliphatic carbocycles. The lowest BCUT2D eigenvalue weighted by atomic mass is 10.2. The maximum absolute atomic E-state index is 12.8. The van der Waals surface area contributed by atoms with Crippen molar-refractivity contribution >= 4 is 38.9 Å². The lowest BCUT2D eigenvalue weighted by Crippen LogP contribution is -2.33. The zero-order chi connectivity index (χ0) is 20.2. The smallest absolute Gasteiger partial charge is 0.248 e.